The SMILES string of the molecule is CNC(Cc1ccc(S(N)(=O)=O)cc1F)C(C)C. The van der Waals surface area contributed by atoms with E-state index in [-0.39, 0.29) is 10.9 Å². The summed E-state index contributed by atoms with van der Waals surface area (Å²) in [7, 11) is -2.03. The molecule has 102 valence electrons. The number of halogens is 1. The quantitative estimate of drug-likeness (QED) is 0.849. The third-order valence-corrected chi connectivity index (χ3v) is 3.88. The van der Waals surface area contributed by atoms with Gasteiger partial charge in [-0.25, -0.2) is 17.9 Å². The summed E-state index contributed by atoms with van der Waals surface area (Å²) in [6.45, 7) is 4.08. The molecule has 18 heavy (non-hydrogen) atoms. The van der Waals surface area contributed by atoms with E-state index >= 15 is 0 Å². The van der Waals surface area contributed by atoms with Crippen molar-refractivity contribution >= 4 is 10.0 Å². The van der Waals surface area contributed by atoms with Crippen LogP contribution >= 0.6 is 0 Å². The van der Waals surface area contributed by atoms with Crippen molar-refractivity contribution in [2.24, 2.45) is 11.1 Å². The van der Waals surface area contributed by atoms with Gasteiger partial charge in [-0.05, 0) is 37.1 Å². The molecule has 0 radical (unpaired) electrons. The van der Waals surface area contributed by atoms with Gasteiger partial charge in [0.05, 0.1) is 4.90 Å². The summed E-state index contributed by atoms with van der Waals surface area (Å²) >= 11 is 0. The number of benzene rings is 1. The molecule has 1 aromatic rings. The van der Waals surface area contributed by atoms with E-state index in [1.54, 1.807) is 0 Å². The second-order valence-corrected chi connectivity index (χ2v) is 6.20. The van der Waals surface area contributed by atoms with Gasteiger partial charge in [-0.1, -0.05) is 19.9 Å². The first-order valence-electron chi connectivity index (χ1n) is 5.74. The Morgan fingerprint density at radius 2 is 2.00 bits per heavy atom. The number of hydrogen-bond acceptors (Lipinski definition) is 3. The molecule has 0 aliphatic carbocycles. The van der Waals surface area contributed by atoms with Crippen LogP contribution in [0.25, 0.3) is 0 Å². The number of nitrogens with one attached hydrogen (secondary N) is 1. The Morgan fingerprint density at radius 3 is 2.39 bits per heavy atom. The smallest absolute Gasteiger partial charge is 0.238 e. The minimum Gasteiger partial charge on any atom is -0.316 e. The van der Waals surface area contributed by atoms with E-state index in [4.69, 9.17) is 5.14 Å². The number of rotatable bonds is 5. The van der Waals surface area contributed by atoms with Crippen molar-refractivity contribution in [2.75, 3.05) is 7.05 Å². The predicted molar refractivity (Wildman–Crippen MR) is 69.2 cm³/mol. The fraction of sp³-hybridized carbons (Fsp3) is 0.500. The molecule has 0 amide bonds. The van der Waals surface area contributed by atoms with Gasteiger partial charge < -0.3 is 5.32 Å². The molecule has 1 atom stereocenters. The van der Waals surface area contributed by atoms with Crippen molar-refractivity contribution in [2.45, 2.75) is 31.2 Å². The topological polar surface area (TPSA) is 72.2 Å². The summed E-state index contributed by atoms with van der Waals surface area (Å²) in [5.41, 5.74) is 0.482. The highest BCUT2D eigenvalue weighted by Crippen LogP contribution is 2.17. The van der Waals surface area contributed by atoms with Gasteiger partial charge in [0.1, 0.15) is 5.82 Å². The van der Waals surface area contributed by atoms with Crippen LogP contribution in [0.1, 0.15) is 19.4 Å². The van der Waals surface area contributed by atoms with E-state index < -0.39 is 15.8 Å². The van der Waals surface area contributed by atoms with Gasteiger partial charge in [-0.15, -0.1) is 0 Å². The van der Waals surface area contributed by atoms with Crippen LogP contribution in [0.4, 0.5) is 4.39 Å². The summed E-state index contributed by atoms with van der Waals surface area (Å²) in [5, 5.41) is 8.06. The molecular weight excluding hydrogens is 255 g/mol. The summed E-state index contributed by atoms with van der Waals surface area (Å²) < 4.78 is 36.0. The third kappa shape index (κ3) is 3.76. The van der Waals surface area contributed by atoms with E-state index in [9.17, 15) is 12.8 Å². The maximum atomic E-state index is 13.8. The molecular formula is C12H19FN2O2S. The van der Waals surface area contributed by atoms with Crippen molar-refractivity contribution < 1.29 is 12.8 Å². The number of hydrogen-bond donors (Lipinski definition) is 2. The zero-order valence-corrected chi connectivity index (χ0v) is 11.6. The minimum atomic E-state index is -3.85. The van der Waals surface area contributed by atoms with E-state index in [0.717, 1.165) is 6.07 Å². The van der Waals surface area contributed by atoms with E-state index in [1.165, 1.54) is 12.1 Å². The lowest BCUT2D eigenvalue weighted by molar-refractivity contribution is 0.418. The largest absolute Gasteiger partial charge is 0.316 e. The van der Waals surface area contributed by atoms with Crippen LogP contribution in [0.5, 0.6) is 0 Å². The van der Waals surface area contributed by atoms with Crippen molar-refractivity contribution in [3.05, 3.63) is 29.6 Å². The lowest BCUT2D eigenvalue weighted by Crippen LogP contribution is -2.33. The number of primary sulfonamides is 1. The molecule has 0 saturated heterocycles. The first kappa shape index (κ1) is 15.1. The van der Waals surface area contributed by atoms with Crippen molar-refractivity contribution in [3.8, 4) is 0 Å². The molecule has 3 N–H and O–H groups in total. The average molecular weight is 274 g/mol. The Bertz CT molecular complexity index is 515. The summed E-state index contributed by atoms with van der Waals surface area (Å²) in [6, 6.07) is 3.92. The molecule has 4 nitrogen and oxygen atoms in total. The summed E-state index contributed by atoms with van der Waals surface area (Å²) in [4.78, 5) is -0.200. The normalized spacial score (nSPS) is 13.9. The van der Waals surface area contributed by atoms with Gasteiger partial charge in [-0.2, -0.15) is 0 Å². The van der Waals surface area contributed by atoms with Crippen molar-refractivity contribution in [1.29, 1.82) is 0 Å². The van der Waals surface area contributed by atoms with Crippen LogP contribution in [0.2, 0.25) is 0 Å². The molecule has 0 saturated carbocycles. The molecule has 0 aliphatic heterocycles. The maximum Gasteiger partial charge on any atom is 0.238 e. The second-order valence-electron chi connectivity index (χ2n) is 4.64. The van der Waals surface area contributed by atoms with E-state index in [2.05, 4.69) is 5.32 Å². The molecule has 0 heterocycles. The fourth-order valence-corrected chi connectivity index (χ4v) is 2.30. The van der Waals surface area contributed by atoms with E-state index in [1.807, 2.05) is 20.9 Å². The maximum absolute atomic E-state index is 13.8. The average Bonchev–Trinajstić information content (AvgIpc) is 2.25. The molecule has 0 spiro atoms. The number of nitrogens with two attached hydrogens (primary N) is 1. The Kier molecular flexibility index (Phi) is 4.84. The first-order chi connectivity index (χ1) is 8.25. The van der Waals surface area contributed by atoms with Gasteiger partial charge in [0.25, 0.3) is 0 Å². The second kappa shape index (κ2) is 5.77. The zero-order valence-electron chi connectivity index (χ0n) is 10.8. The Hall–Kier alpha value is -0.980. The van der Waals surface area contributed by atoms with Crippen molar-refractivity contribution in [3.63, 3.8) is 0 Å². The van der Waals surface area contributed by atoms with Gasteiger partial charge in [0.15, 0.2) is 0 Å². The lowest BCUT2D eigenvalue weighted by atomic mass is 9.96. The highest BCUT2D eigenvalue weighted by Gasteiger charge is 2.16. The highest BCUT2D eigenvalue weighted by molar-refractivity contribution is 7.89. The summed E-state index contributed by atoms with van der Waals surface area (Å²) in [6.07, 6.45) is 0.505. The van der Waals surface area contributed by atoms with Crippen molar-refractivity contribution in [1.82, 2.24) is 5.32 Å². The molecule has 1 unspecified atom stereocenters. The monoisotopic (exact) mass is 274 g/mol. The third-order valence-electron chi connectivity index (χ3n) is 2.97. The van der Waals surface area contributed by atoms with Gasteiger partial charge in [-0.3, -0.25) is 0 Å². The number of sulfonamides is 1. The predicted octanol–water partition coefficient (Wildman–Crippen LogP) is 1.26. The zero-order chi connectivity index (χ0) is 13.9. The van der Waals surface area contributed by atoms with Gasteiger partial charge >= 0.3 is 0 Å². The van der Waals surface area contributed by atoms with Gasteiger partial charge in [0, 0.05) is 6.04 Å². The standard InChI is InChI=1S/C12H19FN2O2S/c1-8(2)12(15-3)6-9-4-5-10(7-11(9)13)18(14,16)17/h4-5,7-8,12,15H,6H2,1-3H3,(H2,14,16,17). The van der Waals surface area contributed by atoms with Crippen LogP contribution in [0.3, 0.4) is 0 Å². The first-order valence-corrected chi connectivity index (χ1v) is 7.29. The van der Waals surface area contributed by atoms with E-state index in [0.29, 0.717) is 17.9 Å². The van der Waals surface area contributed by atoms with Gasteiger partial charge in [0.2, 0.25) is 10.0 Å². The van der Waals surface area contributed by atoms with Crippen LogP contribution in [-0.4, -0.2) is 21.5 Å². The molecule has 0 bridgehead atoms. The van der Waals surface area contributed by atoms with Crippen LogP contribution in [0, 0.1) is 11.7 Å². The summed E-state index contributed by atoms with van der Waals surface area (Å²) in [5.74, 6) is -0.185. The molecule has 6 heteroatoms. The molecule has 0 aliphatic rings. The molecule has 1 aromatic carbocycles. The van der Waals surface area contributed by atoms with Crippen LogP contribution < -0.4 is 10.5 Å². The number of likely N-dealkylation sites (N-methyl/N-ethyl adjacent to an activating group) is 1. The van der Waals surface area contributed by atoms with Crippen LogP contribution in [0.15, 0.2) is 23.1 Å². The lowest BCUT2D eigenvalue weighted by Gasteiger charge is -2.20. The Morgan fingerprint density at radius 1 is 1.39 bits per heavy atom. The minimum absolute atomic E-state index is 0.139. The van der Waals surface area contributed by atoms with Crippen LogP contribution in [-0.2, 0) is 16.4 Å². The molecule has 0 aromatic heterocycles. The Labute approximate surface area is 107 Å². The fourth-order valence-electron chi connectivity index (χ4n) is 1.78. The Balaban J connectivity index is 3.00. The highest BCUT2D eigenvalue weighted by atomic mass is 32.2. The molecule has 1 rings (SSSR count). The molecule has 0 fully saturated rings.